The molecule has 9 heteroatoms. The number of likely N-dealkylation sites (tertiary alicyclic amines) is 1. The zero-order valence-corrected chi connectivity index (χ0v) is 19.8. The summed E-state index contributed by atoms with van der Waals surface area (Å²) in [4.78, 5) is 31.2. The van der Waals surface area contributed by atoms with E-state index in [2.05, 4.69) is 34.4 Å². The first-order chi connectivity index (χ1) is 17.0. The molecule has 0 bridgehead atoms. The van der Waals surface area contributed by atoms with Gasteiger partial charge >= 0.3 is 0 Å². The number of nitrogens with one attached hydrogen (secondary N) is 1. The van der Waals surface area contributed by atoms with Crippen LogP contribution in [0.5, 0.6) is 0 Å². The van der Waals surface area contributed by atoms with Crippen LogP contribution in [0.3, 0.4) is 0 Å². The normalized spacial score (nSPS) is 14.5. The number of nitrogens with zero attached hydrogens (tertiary/aromatic N) is 5. The summed E-state index contributed by atoms with van der Waals surface area (Å²) in [5, 5.41) is 12.6. The first-order valence-corrected chi connectivity index (χ1v) is 11.9. The zero-order chi connectivity index (χ0) is 24.4. The average Bonchev–Trinajstić information content (AvgIpc) is 3.55. The van der Waals surface area contributed by atoms with Gasteiger partial charge in [0.25, 0.3) is 5.91 Å². The van der Waals surface area contributed by atoms with Crippen molar-refractivity contribution in [3.8, 4) is 11.4 Å². The van der Waals surface area contributed by atoms with E-state index in [1.54, 1.807) is 29.2 Å². The Bertz CT molecular complexity index is 1340. The molecule has 1 fully saturated rings. The Morgan fingerprint density at radius 3 is 2.63 bits per heavy atom. The third-order valence-corrected chi connectivity index (χ3v) is 6.39. The predicted octanol–water partition coefficient (Wildman–Crippen LogP) is 3.80. The molecule has 0 aliphatic carbocycles. The summed E-state index contributed by atoms with van der Waals surface area (Å²) in [7, 11) is 0. The van der Waals surface area contributed by atoms with Crippen LogP contribution in [-0.4, -0.2) is 56.3 Å². The van der Waals surface area contributed by atoms with Crippen LogP contribution in [0.4, 0.5) is 0 Å². The molecule has 0 saturated carbocycles. The highest BCUT2D eigenvalue weighted by Gasteiger charge is 2.28. The van der Waals surface area contributed by atoms with Crippen LogP contribution >= 0.6 is 0 Å². The minimum absolute atomic E-state index is 0.0157. The number of fused-ring (bicyclic) bond motifs is 1. The number of carbonyl (C=O) groups is 2. The molecule has 1 aliphatic heterocycles. The summed E-state index contributed by atoms with van der Waals surface area (Å²) in [6.07, 6.45) is 3.50. The van der Waals surface area contributed by atoms with Gasteiger partial charge in [-0.2, -0.15) is 10.1 Å². The second-order valence-electron chi connectivity index (χ2n) is 9.14. The molecule has 9 nitrogen and oxygen atoms in total. The molecule has 0 radical (unpaired) electrons. The van der Waals surface area contributed by atoms with E-state index in [9.17, 15) is 9.59 Å². The maximum atomic E-state index is 12.6. The molecule has 1 saturated heterocycles. The van der Waals surface area contributed by atoms with Crippen LogP contribution in [0.25, 0.3) is 22.3 Å². The van der Waals surface area contributed by atoms with Crippen molar-refractivity contribution in [3.63, 3.8) is 0 Å². The number of hydrogen-bond acceptors (Lipinski definition) is 6. The van der Waals surface area contributed by atoms with Crippen LogP contribution in [0.1, 0.15) is 54.9 Å². The average molecular weight is 473 g/mol. The van der Waals surface area contributed by atoms with Crippen LogP contribution < -0.4 is 5.32 Å². The highest BCUT2D eigenvalue weighted by atomic mass is 16.5. The Labute approximate surface area is 203 Å². The maximum absolute atomic E-state index is 12.6. The van der Waals surface area contributed by atoms with Gasteiger partial charge in [-0.3, -0.25) is 14.3 Å². The van der Waals surface area contributed by atoms with Gasteiger partial charge in [-0.1, -0.05) is 35.5 Å². The smallest absolute Gasteiger partial charge is 0.251 e. The van der Waals surface area contributed by atoms with Gasteiger partial charge in [-0.05, 0) is 44.9 Å². The molecule has 5 rings (SSSR count). The lowest BCUT2D eigenvalue weighted by Gasteiger charge is -2.30. The standard InChI is InChI=1S/C26H28N6O3/c1-17(2)32-16-21-9-8-20(14-22(21)29-32)24-28-26(35-30-24)19-10-12-31(13-11-19)23(33)15-27-25(34)18-6-4-3-5-7-18/h3-9,14,16-17,19H,10-13,15H2,1-2H3,(H,27,34). The molecule has 2 amide bonds. The summed E-state index contributed by atoms with van der Waals surface area (Å²) in [5.41, 5.74) is 2.30. The molecule has 3 heterocycles. The van der Waals surface area contributed by atoms with E-state index in [1.807, 2.05) is 35.1 Å². The van der Waals surface area contributed by atoms with Gasteiger partial charge in [0.15, 0.2) is 0 Å². The Morgan fingerprint density at radius 2 is 1.89 bits per heavy atom. The monoisotopic (exact) mass is 472 g/mol. The number of rotatable bonds is 6. The lowest BCUT2D eigenvalue weighted by molar-refractivity contribution is -0.131. The fourth-order valence-electron chi connectivity index (χ4n) is 4.29. The minimum atomic E-state index is -0.249. The zero-order valence-electron chi connectivity index (χ0n) is 19.8. The third kappa shape index (κ3) is 4.94. The molecular formula is C26H28N6O3. The fourth-order valence-corrected chi connectivity index (χ4v) is 4.29. The highest BCUT2D eigenvalue weighted by molar-refractivity contribution is 5.96. The molecule has 0 unspecified atom stereocenters. The largest absolute Gasteiger partial charge is 0.343 e. The van der Waals surface area contributed by atoms with Gasteiger partial charge in [0.2, 0.25) is 17.6 Å². The Balaban J connectivity index is 1.17. The van der Waals surface area contributed by atoms with Crippen LogP contribution in [0.2, 0.25) is 0 Å². The summed E-state index contributed by atoms with van der Waals surface area (Å²) in [5.74, 6) is 0.901. The molecule has 2 aromatic heterocycles. The lowest BCUT2D eigenvalue weighted by Crippen LogP contribution is -2.43. The molecule has 0 spiro atoms. The molecule has 1 N–H and O–H groups in total. The Morgan fingerprint density at radius 1 is 1.11 bits per heavy atom. The predicted molar refractivity (Wildman–Crippen MR) is 131 cm³/mol. The number of carbonyl (C=O) groups excluding carboxylic acids is 2. The van der Waals surface area contributed by atoms with Crippen LogP contribution in [0.15, 0.2) is 59.3 Å². The van der Waals surface area contributed by atoms with E-state index >= 15 is 0 Å². The molecule has 0 atom stereocenters. The second-order valence-corrected chi connectivity index (χ2v) is 9.14. The SMILES string of the molecule is CC(C)n1cc2ccc(-c3noc(C4CCN(C(=O)CNC(=O)c5ccccc5)CC4)n3)cc2n1. The van der Waals surface area contributed by atoms with E-state index in [1.165, 1.54) is 0 Å². The first kappa shape index (κ1) is 22.8. The van der Waals surface area contributed by atoms with Gasteiger partial charge in [0, 0.05) is 47.8 Å². The second kappa shape index (κ2) is 9.69. The molecule has 35 heavy (non-hydrogen) atoms. The topological polar surface area (TPSA) is 106 Å². The molecule has 4 aromatic rings. The number of piperidine rings is 1. The van der Waals surface area contributed by atoms with Crippen molar-refractivity contribution in [3.05, 3.63) is 66.2 Å². The van der Waals surface area contributed by atoms with Crippen LogP contribution in [0, 0.1) is 0 Å². The number of benzene rings is 2. The Kier molecular flexibility index (Phi) is 6.31. The van der Waals surface area contributed by atoms with E-state index in [0.717, 1.165) is 29.3 Å². The molecular weight excluding hydrogens is 444 g/mol. The Hall–Kier alpha value is -4.01. The minimum Gasteiger partial charge on any atom is -0.343 e. The van der Waals surface area contributed by atoms with Crippen LogP contribution in [-0.2, 0) is 4.79 Å². The van der Waals surface area contributed by atoms with Crippen molar-refractivity contribution in [1.29, 1.82) is 0 Å². The van der Waals surface area contributed by atoms with Gasteiger partial charge in [0.1, 0.15) is 0 Å². The molecule has 180 valence electrons. The summed E-state index contributed by atoms with van der Waals surface area (Å²) in [6.45, 7) is 5.34. The van der Waals surface area contributed by atoms with Crippen molar-refractivity contribution in [2.75, 3.05) is 19.6 Å². The fraction of sp³-hybridized carbons (Fsp3) is 0.346. The number of hydrogen-bond donors (Lipinski definition) is 1. The molecule has 2 aromatic carbocycles. The van der Waals surface area contributed by atoms with Gasteiger partial charge in [-0.25, -0.2) is 0 Å². The third-order valence-electron chi connectivity index (χ3n) is 6.39. The van der Waals surface area contributed by atoms with E-state index < -0.39 is 0 Å². The van der Waals surface area contributed by atoms with Crippen molar-refractivity contribution >= 4 is 22.7 Å². The molecule has 1 aliphatic rings. The van der Waals surface area contributed by atoms with E-state index in [4.69, 9.17) is 4.52 Å². The van der Waals surface area contributed by atoms with Crippen molar-refractivity contribution in [1.82, 2.24) is 30.1 Å². The maximum Gasteiger partial charge on any atom is 0.251 e. The summed E-state index contributed by atoms with van der Waals surface area (Å²) < 4.78 is 7.53. The van der Waals surface area contributed by atoms with E-state index in [0.29, 0.717) is 36.4 Å². The lowest BCUT2D eigenvalue weighted by atomic mass is 9.96. The number of aromatic nitrogens is 4. The van der Waals surface area contributed by atoms with Gasteiger partial charge in [0.05, 0.1) is 12.1 Å². The quantitative estimate of drug-likeness (QED) is 0.458. The van der Waals surface area contributed by atoms with Crippen molar-refractivity contribution in [2.24, 2.45) is 0 Å². The highest BCUT2D eigenvalue weighted by Crippen LogP contribution is 2.29. The first-order valence-electron chi connectivity index (χ1n) is 11.9. The van der Waals surface area contributed by atoms with E-state index in [-0.39, 0.29) is 24.3 Å². The van der Waals surface area contributed by atoms with Crippen molar-refractivity contribution < 1.29 is 14.1 Å². The number of amides is 2. The van der Waals surface area contributed by atoms with Gasteiger partial charge in [-0.15, -0.1) is 0 Å². The summed E-state index contributed by atoms with van der Waals surface area (Å²) in [6, 6.07) is 15.2. The van der Waals surface area contributed by atoms with Crippen molar-refractivity contribution in [2.45, 2.75) is 38.6 Å². The van der Waals surface area contributed by atoms with Gasteiger partial charge < -0.3 is 14.7 Å². The summed E-state index contributed by atoms with van der Waals surface area (Å²) >= 11 is 0.